The number of hydrogen-bond acceptors (Lipinski definition) is 7. The number of nitrogens with two attached hydrogens (primary N) is 1. The maximum absolute atomic E-state index is 10.4. The van der Waals surface area contributed by atoms with Crippen molar-refractivity contribution in [1.29, 1.82) is 0 Å². The van der Waals surface area contributed by atoms with Gasteiger partial charge in [0, 0.05) is 13.0 Å². The first-order valence-electron chi connectivity index (χ1n) is 11.9. The molecule has 0 bridgehead atoms. The molecule has 0 aliphatic rings. The molecule has 2 unspecified atom stereocenters. The molecular formula is C26H40N2O5. The third-order valence-electron chi connectivity index (χ3n) is 5.17. The second-order valence-corrected chi connectivity index (χ2v) is 8.52. The van der Waals surface area contributed by atoms with Crippen molar-refractivity contribution < 1.29 is 24.5 Å². The van der Waals surface area contributed by atoms with Crippen molar-refractivity contribution in [2.24, 2.45) is 11.7 Å². The van der Waals surface area contributed by atoms with Gasteiger partial charge in [-0.25, -0.2) is 5.48 Å². The van der Waals surface area contributed by atoms with Gasteiger partial charge in [0.05, 0.1) is 32.0 Å². The van der Waals surface area contributed by atoms with Gasteiger partial charge in [0.15, 0.2) is 0 Å². The topological polar surface area (TPSA) is 106 Å². The Balaban J connectivity index is 1.57. The van der Waals surface area contributed by atoms with Crippen LogP contribution in [0.25, 0.3) is 0 Å². The van der Waals surface area contributed by atoms with E-state index < -0.39 is 12.2 Å². The first-order valence-corrected chi connectivity index (χ1v) is 11.9. The Labute approximate surface area is 197 Å². The summed E-state index contributed by atoms with van der Waals surface area (Å²) in [6.45, 7) is 6.98. The number of rotatable bonds is 17. The highest BCUT2D eigenvalue weighted by Crippen LogP contribution is 2.22. The summed E-state index contributed by atoms with van der Waals surface area (Å²) in [6.07, 6.45) is 1.62. The van der Waals surface area contributed by atoms with E-state index in [9.17, 15) is 10.2 Å². The molecule has 0 fully saturated rings. The van der Waals surface area contributed by atoms with Crippen molar-refractivity contribution in [3.63, 3.8) is 0 Å². The van der Waals surface area contributed by atoms with E-state index in [-0.39, 0.29) is 0 Å². The van der Waals surface area contributed by atoms with E-state index in [0.717, 1.165) is 29.0 Å². The molecule has 7 heteroatoms. The van der Waals surface area contributed by atoms with Gasteiger partial charge in [-0.2, -0.15) is 0 Å². The average molecular weight is 461 g/mol. The van der Waals surface area contributed by atoms with Crippen LogP contribution < -0.4 is 20.7 Å². The van der Waals surface area contributed by atoms with E-state index in [1.807, 2.05) is 48.5 Å². The molecule has 0 aliphatic carbocycles. The standard InChI is InChI=1S/C26H40N2O5/c1-20(2)12-17-32-24-9-4-7-22(19-24)26(30)11-14-28-33-16-5-15-31-23-8-3-6-21(18-23)25(29)10-13-27/h3-4,6-9,18-20,25-26,28-30H,5,10-17,27H2,1-2H3. The molecule has 184 valence electrons. The molecule has 7 nitrogen and oxygen atoms in total. The number of nitrogens with one attached hydrogen (secondary N) is 1. The summed E-state index contributed by atoms with van der Waals surface area (Å²) >= 11 is 0. The van der Waals surface area contributed by atoms with Crippen LogP contribution in [0.2, 0.25) is 0 Å². The lowest BCUT2D eigenvalue weighted by atomic mass is 10.1. The number of ether oxygens (including phenoxy) is 2. The minimum atomic E-state index is -0.583. The van der Waals surface area contributed by atoms with Crippen LogP contribution in [0.3, 0.4) is 0 Å². The molecule has 2 atom stereocenters. The van der Waals surface area contributed by atoms with E-state index in [2.05, 4.69) is 19.3 Å². The van der Waals surface area contributed by atoms with Crippen molar-refractivity contribution in [3.05, 3.63) is 59.7 Å². The molecule has 2 aromatic carbocycles. The highest BCUT2D eigenvalue weighted by atomic mass is 16.6. The van der Waals surface area contributed by atoms with E-state index >= 15 is 0 Å². The highest BCUT2D eigenvalue weighted by molar-refractivity contribution is 5.30. The molecule has 0 aromatic heterocycles. The fraction of sp³-hybridized carbons (Fsp3) is 0.538. The maximum Gasteiger partial charge on any atom is 0.119 e. The fourth-order valence-corrected chi connectivity index (χ4v) is 3.19. The van der Waals surface area contributed by atoms with E-state index in [0.29, 0.717) is 58.1 Å². The minimum Gasteiger partial charge on any atom is -0.494 e. The van der Waals surface area contributed by atoms with Crippen LogP contribution in [-0.2, 0) is 4.84 Å². The lowest BCUT2D eigenvalue weighted by Crippen LogP contribution is -2.19. The summed E-state index contributed by atoms with van der Waals surface area (Å²) in [5.74, 6) is 2.11. The molecule has 33 heavy (non-hydrogen) atoms. The summed E-state index contributed by atoms with van der Waals surface area (Å²) in [4.78, 5) is 5.43. The summed E-state index contributed by atoms with van der Waals surface area (Å²) in [6, 6.07) is 15.1. The van der Waals surface area contributed by atoms with Crippen molar-refractivity contribution >= 4 is 0 Å². The van der Waals surface area contributed by atoms with Crippen LogP contribution in [0.5, 0.6) is 11.5 Å². The number of hydroxylamine groups is 1. The molecule has 0 aliphatic heterocycles. The largest absolute Gasteiger partial charge is 0.494 e. The van der Waals surface area contributed by atoms with Crippen LogP contribution in [0.4, 0.5) is 0 Å². The Morgan fingerprint density at radius 3 is 2.03 bits per heavy atom. The first-order chi connectivity index (χ1) is 16.0. The zero-order chi connectivity index (χ0) is 23.9. The van der Waals surface area contributed by atoms with E-state index in [1.54, 1.807) is 0 Å². The lowest BCUT2D eigenvalue weighted by molar-refractivity contribution is 0.0252. The zero-order valence-corrected chi connectivity index (χ0v) is 19.9. The average Bonchev–Trinajstić information content (AvgIpc) is 2.81. The third-order valence-corrected chi connectivity index (χ3v) is 5.17. The van der Waals surface area contributed by atoms with Gasteiger partial charge >= 0.3 is 0 Å². The second-order valence-electron chi connectivity index (χ2n) is 8.52. The quantitative estimate of drug-likeness (QED) is 0.209. The van der Waals surface area contributed by atoms with Crippen LogP contribution in [0, 0.1) is 5.92 Å². The van der Waals surface area contributed by atoms with Gasteiger partial charge < -0.3 is 30.3 Å². The maximum atomic E-state index is 10.4. The SMILES string of the molecule is CC(C)CCOc1cccc(C(O)CCNOCCCOc2cccc(C(O)CCN)c2)c1. The van der Waals surface area contributed by atoms with Crippen molar-refractivity contribution in [2.75, 3.05) is 32.9 Å². The minimum absolute atomic E-state index is 0.437. The van der Waals surface area contributed by atoms with Gasteiger partial charge in [0.1, 0.15) is 11.5 Å². The molecule has 2 aromatic rings. The molecular weight excluding hydrogens is 420 g/mol. The monoisotopic (exact) mass is 460 g/mol. The second kappa shape index (κ2) is 15.6. The van der Waals surface area contributed by atoms with Crippen molar-refractivity contribution in [1.82, 2.24) is 5.48 Å². The Hall–Kier alpha value is -2.16. The number of benzene rings is 2. The van der Waals surface area contributed by atoms with Gasteiger partial charge in [-0.15, -0.1) is 0 Å². The first kappa shape index (κ1) is 27.1. The van der Waals surface area contributed by atoms with Gasteiger partial charge in [-0.1, -0.05) is 38.1 Å². The molecule has 0 saturated carbocycles. The van der Waals surface area contributed by atoms with Crippen LogP contribution >= 0.6 is 0 Å². The number of aliphatic hydroxyl groups excluding tert-OH is 2. The van der Waals surface area contributed by atoms with E-state index in [4.69, 9.17) is 20.0 Å². The number of hydrogen-bond donors (Lipinski definition) is 4. The predicted octanol–water partition coefficient (Wildman–Crippen LogP) is 3.91. The predicted molar refractivity (Wildman–Crippen MR) is 130 cm³/mol. The molecule has 5 N–H and O–H groups in total. The molecule has 0 saturated heterocycles. The van der Waals surface area contributed by atoms with Crippen LogP contribution in [-0.4, -0.2) is 43.1 Å². The summed E-state index contributed by atoms with van der Waals surface area (Å²) in [5, 5.41) is 20.5. The van der Waals surface area contributed by atoms with Crippen molar-refractivity contribution in [3.8, 4) is 11.5 Å². The Morgan fingerprint density at radius 2 is 1.42 bits per heavy atom. The van der Waals surface area contributed by atoms with Crippen molar-refractivity contribution in [2.45, 2.75) is 51.7 Å². The van der Waals surface area contributed by atoms with Gasteiger partial charge in [0.2, 0.25) is 0 Å². The Morgan fingerprint density at radius 1 is 0.818 bits per heavy atom. The molecule has 0 radical (unpaired) electrons. The molecule has 0 amide bonds. The lowest BCUT2D eigenvalue weighted by Gasteiger charge is -2.14. The highest BCUT2D eigenvalue weighted by Gasteiger charge is 2.09. The Bertz CT molecular complexity index is 787. The molecule has 0 heterocycles. The van der Waals surface area contributed by atoms with Crippen LogP contribution in [0.15, 0.2) is 48.5 Å². The zero-order valence-electron chi connectivity index (χ0n) is 19.9. The fourth-order valence-electron chi connectivity index (χ4n) is 3.19. The van der Waals surface area contributed by atoms with Gasteiger partial charge in [-0.3, -0.25) is 0 Å². The smallest absolute Gasteiger partial charge is 0.119 e. The third kappa shape index (κ3) is 11.0. The summed E-state index contributed by atoms with van der Waals surface area (Å²) in [7, 11) is 0. The van der Waals surface area contributed by atoms with E-state index in [1.165, 1.54) is 0 Å². The summed E-state index contributed by atoms with van der Waals surface area (Å²) < 4.78 is 11.5. The molecule has 2 rings (SSSR count). The summed E-state index contributed by atoms with van der Waals surface area (Å²) in [5.41, 5.74) is 10.0. The molecule has 0 spiro atoms. The van der Waals surface area contributed by atoms with Gasteiger partial charge in [-0.05, 0) is 67.1 Å². The van der Waals surface area contributed by atoms with Gasteiger partial charge in [0.25, 0.3) is 0 Å². The Kier molecular flexibility index (Phi) is 12.8. The van der Waals surface area contributed by atoms with Crippen LogP contribution in [0.1, 0.15) is 62.9 Å². The number of aliphatic hydroxyl groups is 2. The normalized spacial score (nSPS) is 13.2.